The highest BCUT2D eigenvalue weighted by Crippen LogP contribution is 2.14. The number of carbonyl (C=O) groups is 1. The van der Waals surface area contributed by atoms with E-state index < -0.39 is 0 Å². The maximum Gasteiger partial charge on any atom is 0.347 e. The highest BCUT2D eigenvalue weighted by atomic mass is 127. The van der Waals surface area contributed by atoms with Crippen LogP contribution in [0.2, 0.25) is 0 Å². The molecule has 0 aromatic heterocycles. The van der Waals surface area contributed by atoms with Crippen molar-refractivity contribution in [2.75, 3.05) is 6.61 Å². The van der Waals surface area contributed by atoms with Gasteiger partial charge in [0.05, 0.1) is 12.2 Å². The molecular formula is C12H15IO3. The Morgan fingerprint density at radius 3 is 2.50 bits per heavy atom. The van der Waals surface area contributed by atoms with Gasteiger partial charge in [0.2, 0.25) is 0 Å². The Labute approximate surface area is 110 Å². The molecule has 0 aliphatic heterocycles. The molecule has 0 aliphatic rings. The number of benzene rings is 1. The number of unbranched alkanes of at least 4 members (excludes halogenated alkanes) is 2. The van der Waals surface area contributed by atoms with Crippen LogP contribution in [0.25, 0.3) is 0 Å². The maximum atomic E-state index is 11.2. The van der Waals surface area contributed by atoms with Gasteiger partial charge in [-0.15, -0.1) is 0 Å². The van der Waals surface area contributed by atoms with Gasteiger partial charge in [-0.05, 0) is 30.7 Å². The van der Waals surface area contributed by atoms with Crippen LogP contribution in [-0.4, -0.2) is 12.6 Å². The zero-order valence-electron chi connectivity index (χ0n) is 9.24. The molecule has 0 spiro atoms. The van der Waals surface area contributed by atoms with E-state index in [1.165, 1.54) is 12.8 Å². The number of carbonyl (C=O) groups excluding carboxylic acids is 1. The van der Waals surface area contributed by atoms with Crippen molar-refractivity contribution in [3.05, 3.63) is 29.8 Å². The number of halogens is 1. The minimum Gasteiger partial charge on any atom is -0.494 e. The first-order valence-corrected chi connectivity index (χ1v) is 6.21. The predicted molar refractivity (Wildman–Crippen MR) is 70.9 cm³/mol. The lowest BCUT2D eigenvalue weighted by molar-refractivity contribution is 0.0800. The number of rotatable bonds is 6. The summed E-state index contributed by atoms with van der Waals surface area (Å²) in [5.74, 6) is 0.458. The summed E-state index contributed by atoms with van der Waals surface area (Å²) < 4.78 is 10.1. The SMILES string of the molecule is CCCCCOc1ccc(C(=O)OI)cc1. The van der Waals surface area contributed by atoms with E-state index in [-0.39, 0.29) is 5.97 Å². The molecule has 0 unspecified atom stereocenters. The largest absolute Gasteiger partial charge is 0.494 e. The fourth-order valence-corrected chi connectivity index (χ4v) is 1.53. The van der Waals surface area contributed by atoms with Gasteiger partial charge in [-0.25, -0.2) is 4.79 Å². The first-order valence-electron chi connectivity index (χ1n) is 5.33. The summed E-state index contributed by atoms with van der Waals surface area (Å²) in [6, 6.07) is 6.98. The summed E-state index contributed by atoms with van der Waals surface area (Å²) in [7, 11) is 0. The molecule has 4 heteroatoms. The molecule has 0 fully saturated rings. The van der Waals surface area contributed by atoms with E-state index >= 15 is 0 Å². The lowest BCUT2D eigenvalue weighted by Crippen LogP contribution is -1.99. The third-order valence-corrected chi connectivity index (χ3v) is 2.58. The minimum atomic E-state index is -0.335. The van der Waals surface area contributed by atoms with Gasteiger partial charge in [0.1, 0.15) is 5.75 Å². The molecule has 16 heavy (non-hydrogen) atoms. The molecule has 1 rings (SSSR count). The third kappa shape index (κ3) is 4.38. The van der Waals surface area contributed by atoms with Crippen LogP contribution in [0.5, 0.6) is 5.75 Å². The Morgan fingerprint density at radius 2 is 1.94 bits per heavy atom. The van der Waals surface area contributed by atoms with E-state index in [0.29, 0.717) is 5.56 Å². The lowest BCUT2D eigenvalue weighted by Gasteiger charge is -2.05. The number of hydrogen-bond donors (Lipinski definition) is 0. The molecule has 88 valence electrons. The Morgan fingerprint density at radius 1 is 1.25 bits per heavy atom. The van der Waals surface area contributed by atoms with Crippen LogP contribution in [0, 0.1) is 0 Å². The zero-order valence-corrected chi connectivity index (χ0v) is 11.4. The molecule has 0 saturated carbocycles. The minimum absolute atomic E-state index is 0.335. The highest BCUT2D eigenvalue weighted by molar-refractivity contribution is 14.1. The van der Waals surface area contributed by atoms with E-state index in [4.69, 9.17) is 4.74 Å². The van der Waals surface area contributed by atoms with Crippen molar-refractivity contribution in [1.82, 2.24) is 0 Å². The third-order valence-electron chi connectivity index (χ3n) is 2.18. The van der Waals surface area contributed by atoms with Crippen molar-refractivity contribution in [3.63, 3.8) is 0 Å². The lowest BCUT2D eigenvalue weighted by atomic mass is 10.2. The van der Waals surface area contributed by atoms with Crippen LogP contribution in [0.3, 0.4) is 0 Å². The highest BCUT2D eigenvalue weighted by Gasteiger charge is 2.05. The van der Waals surface area contributed by atoms with E-state index in [2.05, 4.69) is 9.99 Å². The molecule has 0 heterocycles. The summed E-state index contributed by atoms with van der Waals surface area (Å²) >= 11 is 1.58. The van der Waals surface area contributed by atoms with Gasteiger partial charge in [-0.1, -0.05) is 19.8 Å². The molecule has 0 saturated heterocycles. The quantitative estimate of drug-likeness (QED) is 0.587. The Kier molecular flexibility index (Phi) is 6.22. The fourth-order valence-electron chi connectivity index (χ4n) is 1.27. The maximum absolute atomic E-state index is 11.2. The van der Waals surface area contributed by atoms with Gasteiger partial charge in [0.15, 0.2) is 23.0 Å². The average molecular weight is 334 g/mol. The average Bonchev–Trinajstić information content (AvgIpc) is 2.34. The van der Waals surface area contributed by atoms with Crippen molar-refractivity contribution in [2.24, 2.45) is 0 Å². The Bertz CT molecular complexity index is 322. The first kappa shape index (κ1) is 13.3. The van der Waals surface area contributed by atoms with Gasteiger partial charge < -0.3 is 7.80 Å². The van der Waals surface area contributed by atoms with Crippen molar-refractivity contribution in [2.45, 2.75) is 26.2 Å². The molecule has 0 bridgehead atoms. The smallest absolute Gasteiger partial charge is 0.347 e. The van der Waals surface area contributed by atoms with Crippen molar-refractivity contribution in [3.8, 4) is 5.75 Å². The summed E-state index contributed by atoms with van der Waals surface area (Å²) in [4.78, 5) is 11.2. The van der Waals surface area contributed by atoms with Gasteiger partial charge in [-0.3, -0.25) is 0 Å². The van der Waals surface area contributed by atoms with E-state index in [1.54, 1.807) is 47.3 Å². The van der Waals surface area contributed by atoms with Gasteiger partial charge >= 0.3 is 5.97 Å². The van der Waals surface area contributed by atoms with Gasteiger partial charge in [0, 0.05) is 0 Å². The van der Waals surface area contributed by atoms with E-state index in [1.807, 2.05) is 0 Å². The van der Waals surface area contributed by atoms with Crippen LogP contribution >= 0.6 is 23.0 Å². The van der Waals surface area contributed by atoms with Crippen LogP contribution in [0.4, 0.5) is 0 Å². The molecule has 3 nitrogen and oxygen atoms in total. The van der Waals surface area contributed by atoms with Gasteiger partial charge in [-0.2, -0.15) is 0 Å². The monoisotopic (exact) mass is 334 g/mol. The van der Waals surface area contributed by atoms with Crippen LogP contribution in [-0.2, 0) is 3.07 Å². The number of ether oxygens (including phenoxy) is 1. The van der Waals surface area contributed by atoms with Gasteiger partial charge in [0.25, 0.3) is 0 Å². The second-order valence-corrected chi connectivity index (χ2v) is 3.88. The van der Waals surface area contributed by atoms with Crippen LogP contribution in [0.1, 0.15) is 36.5 Å². The molecule has 0 amide bonds. The van der Waals surface area contributed by atoms with E-state index in [0.717, 1.165) is 18.8 Å². The normalized spacial score (nSPS) is 9.88. The molecule has 1 aromatic carbocycles. The predicted octanol–water partition coefficient (Wildman–Crippen LogP) is 3.76. The Hall–Kier alpha value is -0.780. The van der Waals surface area contributed by atoms with Crippen LogP contribution in [0.15, 0.2) is 24.3 Å². The summed E-state index contributed by atoms with van der Waals surface area (Å²) in [5, 5.41) is 0. The zero-order chi connectivity index (χ0) is 11.8. The molecular weight excluding hydrogens is 319 g/mol. The number of hydrogen-bond acceptors (Lipinski definition) is 3. The summed E-state index contributed by atoms with van der Waals surface area (Å²) in [5.41, 5.74) is 0.537. The van der Waals surface area contributed by atoms with Crippen molar-refractivity contribution < 1.29 is 12.6 Å². The van der Waals surface area contributed by atoms with Crippen molar-refractivity contribution >= 4 is 29.0 Å². The fraction of sp³-hybridized carbons (Fsp3) is 0.417. The standard InChI is InChI=1S/C12H15IO3/c1-2-3-4-9-15-11-7-5-10(6-8-11)12(14)16-13/h5-8H,2-4,9H2,1H3. The topological polar surface area (TPSA) is 35.5 Å². The second kappa shape index (κ2) is 7.49. The molecule has 0 radical (unpaired) electrons. The summed E-state index contributed by atoms with van der Waals surface area (Å²) in [6.45, 7) is 2.88. The summed E-state index contributed by atoms with van der Waals surface area (Å²) in [6.07, 6.45) is 3.43. The molecule has 0 aliphatic carbocycles. The Balaban J connectivity index is 2.42. The van der Waals surface area contributed by atoms with Crippen molar-refractivity contribution in [1.29, 1.82) is 0 Å². The first-order chi connectivity index (χ1) is 7.77. The molecule has 1 aromatic rings. The van der Waals surface area contributed by atoms with Crippen LogP contribution < -0.4 is 4.74 Å². The van der Waals surface area contributed by atoms with E-state index in [9.17, 15) is 4.79 Å². The molecule has 0 atom stereocenters. The second-order valence-electron chi connectivity index (χ2n) is 3.44. The molecule has 0 N–H and O–H groups in total.